The molecule has 106 valence electrons. The molecule has 20 heavy (non-hydrogen) atoms. The first-order valence-corrected chi connectivity index (χ1v) is 7.19. The Morgan fingerprint density at radius 1 is 1.00 bits per heavy atom. The highest BCUT2D eigenvalue weighted by atomic mass is 35.5. The summed E-state index contributed by atoms with van der Waals surface area (Å²) in [4.78, 5) is 0. The second-order valence-electron chi connectivity index (χ2n) is 4.79. The Morgan fingerprint density at radius 3 is 2.25 bits per heavy atom. The van der Waals surface area contributed by atoms with Crippen molar-refractivity contribution in [2.24, 2.45) is 0 Å². The fraction of sp³-hybridized carbons (Fsp3) is 0.294. The summed E-state index contributed by atoms with van der Waals surface area (Å²) in [5.41, 5.74) is 2.31. The smallest absolute Gasteiger partial charge is 0.0957 e. The van der Waals surface area contributed by atoms with Crippen molar-refractivity contribution >= 4 is 11.6 Å². The molecule has 2 unspecified atom stereocenters. The van der Waals surface area contributed by atoms with Gasteiger partial charge in [-0.3, -0.25) is 0 Å². The standard InChI is InChI=1S/C17H20ClNO/c1-13(14-6-4-3-5-7-14)20-17(12-19-2)15-8-10-16(18)11-9-15/h3-11,13,17,19H,12H2,1-2H3. The summed E-state index contributed by atoms with van der Waals surface area (Å²) in [6.07, 6.45) is 0.0534. The average Bonchev–Trinajstić information content (AvgIpc) is 2.48. The van der Waals surface area contributed by atoms with Crippen LogP contribution in [0.15, 0.2) is 54.6 Å². The van der Waals surface area contributed by atoms with E-state index in [1.807, 2.05) is 49.5 Å². The highest BCUT2D eigenvalue weighted by molar-refractivity contribution is 6.30. The second kappa shape index (κ2) is 7.44. The maximum absolute atomic E-state index is 6.20. The van der Waals surface area contributed by atoms with E-state index >= 15 is 0 Å². The van der Waals surface area contributed by atoms with E-state index in [2.05, 4.69) is 24.4 Å². The van der Waals surface area contributed by atoms with E-state index in [1.54, 1.807) is 0 Å². The molecule has 0 saturated heterocycles. The lowest BCUT2D eigenvalue weighted by atomic mass is 10.1. The molecule has 2 nitrogen and oxygen atoms in total. The van der Waals surface area contributed by atoms with Crippen LogP contribution in [0, 0.1) is 0 Å². The van der Waals surface area contributed by atoms with Gasteiger partial charge < -0.3 is 10.1 Å². The van der Waals surface area contributed by atoms with Crippen LogP contribution in [0.25, 0.3) is 0 Å². The third kappa shape index (κ3) is 4.07. The van der Waals surface area contributed by atoms with E-state index in [0.29, 0.717) is 0 Å². The molecule has 0 radical (unpaired) electrons. The number of likely N-dealkylation sites (N-methyl/N-ethyl adjacent to an activating group) is 1. The Balaban J connectivity index is 2.11. The average molecular weight is 290 g/mol. The third-order valence-electron chi connectivity index (χ3n) is 3.27. The fourth-order valence-corrected chi connectivity index (χ4v) is 2.28. The van der Waals surface area contributed by atoms with Crippen LogP contribution < -0.4 is 5.32 Å². The van der Waals surface area contributed by atoms with Gasteiger partial charge in [-0.25, -0.2) is 0 Å². The largest absolute Gasteiger partial charge is 0.365 e. The molecule has 0 heterocycles. The van der Waals surface area contributed by atoms with Crippen LogP contribution >= 0.6 is 11.6 Å². The van der Waals surface area contributed by atoms with Gasteiger partial charge in [0.25, 0.3) is 0 Å². The highest BCUT2D eigenvalue weighted by Crippen LogP contribution is 2.26. The van der Waals surface area contributed by atoms with Crippen LogP contribution in [-0.4, -0.2) is 13.6 Å². The lowest BCUT2D eigenvalue weighted by Gasteiger charge is -2.23. The van der Waals surface area contributed by atoms with Crippen LogP contribution in [0.1, 0.15) is 30.3 Å². The molecule has 2 rings (SSSR count). The Morgan fingerprint density at radius 2 is 1.65 bits per heavy atom. The predicted molar refractivity (Wildman–Crippen MR) is 84.1 cm³/mol. The lowest BCUT2D eigenvalue weighted by Crippen LogP contribution is -2.21. The zero-order valence-electron chi connectivity index (χ0n) is 11.8. The molecule has 1 N–H and O–H groups in total. The SMILES string of the molecule is CNCC(OC(C)c1ccccc1)c1ccc(Cl)cc1. The summed E-state index contributed by atoms with van der Waals surface area (Å²) in [6, 6.07) is 18.1. The quantitative estimate of drug-likeness (QED) is 0.852. The fourth-order valence-electron chi connectivity index (χ4n) is 2.16. The molecule has 0 amide bonds. The van der Waals surface area contributed by atoms with Gasteiger partial charge in [-0.1, -0.05) is 54.1 Å². The Labute approximate surface area is 125 Å². The first kappa shape index (κ1) is 15.0. The molecule has 2 aromatic rings. The monoisotopic (exact) mass is 289 g/mol. The van der Waals surface area contributed by atoms with Crippen molar-refractivity contribution in [1.82, 2.24) is 5.32 Å². The Bertz CT molecular complexity index is 512. The molecule has 3 heteroatoms. The molecule has 0 aliphatic carbocycles. The van der Waals surface area contributed by atoms with Gasteiger partial charge in [0.2, 0.25) is 0 Å². The number of ether oxygens (including phenoxy) is 1. The van der Waals surface area contributed by atoms with Crippen molar-refractivity contribution in [2.45, 2.75) is 19.1 Å². The zero-order valence-corrected chi connectivity index (χ0v) is 12.6. The molecule has 0 spiro atoms. The normalized spacial score (nSPS) is 13.9. The van der Waals surface area contributed by atoms with E-state index in [1.165, 1.54) is 5.56 Å². The van der Waals surface area contributed by atoms with Crippen molar-refractivity contribution in [3.63, 3.8) is 0 Å². The maximum Gasteiger partial charge on any atom is 0.0957 e. The molecule has 0 aliphatic heterocycles. The van der Waals surface area contributed by atoms with Crippen LogP contribution in [0.4, 0.5) is 0 Å². The van der Waals surface area contributed by atoms with Crippen molar-refractivity contribution in [3.05, 3.63) is 70.7 Å². The number of benzene rings is 2. The van der Waals surface area contributed by atoms with E-state index in [4.69, 9.17) is 16.3 Å². The van der Waals surface area contributed by atoms with Gasteiger partial charge in [0.05, 0.1) is 12.2 Å². The van der Waals surface area contributed by atoms with Gasteiger partial charge in [0.15, 0.2) is 0 Å². The maximum atomic E-state index is 6.20. The molecule has 2 atom stereocenters. The molecule has 0 aromatic heterocycles. The molecule has 0 bridgehead atoms. The predicted octanol–water partition coefficient (Wildman–Crippen LogP) is 4.38. The van der Waals surface area contributed by atoms with E-state index < -0.39 is 0 Å². The number of hydrogen-bond donors (Lipinski definition) is 1. The number of rotatable bonds is 6. The topological polar surface area (TPSA) is 21.3 Å². The minimum atomic E-state index is 0.00692. The van der Waals surface area contributed by atoms with E-state index in [-0.39, 0.29) is 12.2 Å². The highest BCUT2D eigenvalue weighted by Gasteiger charge is 2.16. The second-order valence-corrected chi connectivity index (χ2v) is 5.22. The van der Waals surface area contributed by atoms with Crippen molar-refractivity contribution in [2.75, 3.05) is 13.6 Å². The summed E-state index contributed by atoms with van der Waals surface area (Å²) in [5, 5.41) is 3.92. The van der Waals surface area contributed by atoms with Gasteiger partial charge in [-0.2, -0.15) is 0 Å². The van der Waals surface area contributed by atoms with Gasteiger partial charge in [0.1, 0.15) is 0 Å². The van der Waals surface area contributed by atoms with Crippen molar-refractivity contribution in [1.29, 1.82) is 0 Å². The van der Waals surface area contributed by atoms with Crippen LogP contribution in [0.3, 0.4) is 0 Å². The van der Waals surface area contributed by atoms with Crippen LogP contribution in [0.2, 0.25) is 5.02 Å². The van der Waals surface area contributed by atoms with Crippen molar-refractivity contribution in [3.8, 4) is 0 Å². The van der Waals surface area contributed by atoms with Gasteiger partial charge in [0, 0.05) is 11.6 Å². The minimum Gasteiger partial charge on any atom is -0.365 e. The third-order valence-corrected chi connectivity index (χ3v) is 3.52. The lowest BCUT2D eigenvalue weighted by molar-refractivity contribution is -0.00341. The van der Waals surface area contributed by atoms with Crippen LogP contribution in [-0.2, 0) is 4.74 Å². The first-order chi connectivity index (χ1) is 9.70. The van der Waals surface area contributed by atoms with E-state index in [9.17, 15) is 0 Å². The van der Waals surface area contributed by atoms with Gasteiger partial charge in [-0.15, -0.1) is 0 Å². The number of nitrogens with one attached hydrogen (secondary N) is 1. The summed E-state index contributed by atoms with van der Waals surface area (Å²) in [5.74, 6) is 0. The zero-order chi connectivity index (χ0) is 14.4. The Kier molecular flexibility index (Phi) is 5.60. The summed E-state index contributed by atoms with van der Waals surface area (Å²) >= 11 is 5.94. The first-order valence-electron chi connectivity index (χ1n) is 6.81. The Hall–Kier alpha value is -1.35. The van der Waals surface area contributed by atoms with E-state index in [0.717, 1.165) is 17.1 Å². The number of hydrogen-bond acceptors (Lipinski definition) is 2. The van der Waals surface area contributed by atoms with Gasteiger partial charge >= 0.3 is 0 Å². The van der Waals surface area contributed by atoms with Crippen LogP contribution in [0.5, 0.6) is 0 Å². The summed E-state index contributed by atoms with van der Waals surface area (Å²) in [7, 11) is 1.93. The molecule has 2 aromatic carbocycles. The molecular weight excluding hydrogens is 270 g/mol. The minimum absolute atomic E-state index is 0.00692. The molecule has 0 saturated carbocycles. The van der Waals surface area contributed by atoms with Crippen molar-refractivity contribution < 1.29 is 4.74 Å². The molecule has 0 fully saturated rings. The summed E-state index contributed by atoms with van der Waals surface area (Å²) < 4.78 is 6.20. The molecular formula is C17H20ClNO. The number of halogens is 1. The summed E-state index contributed by atoms with van der Waals surface area (Å²) in [6.45, 7) is 2.84. The molecule has 0 aliphatic rings. The van der Waals surface area contributed by atoms with Gasteiger partial charge in [-0.05, 0) is 37.2 Å².